The number of methoxy groups -OCH3 is 2. The predicted octanol–water partition coefficient (Wildman–Crippen LogP) is 3.04. The van der Waals surface area contributed by atoms with E-state index >= 15 is 0 Å². The van der Waals surface area contributed by atoms with Gasteiger partial charge in [-0.2, -0.15) is 0 Å². The second-order valence-electron chi connectivity index (χ2n) is 3.43. The van der Waals surface area contributed by atoms with Crippen LogP contribution in [0.4, 0.5) is 0 Å². The molecule has 0 bridgehead atoms. The van der Waals surface area contributed by atoms with Crippen LogP contribution in [0.15, 0.2) is 30.3 Å². The van der Waals surface area contributed by atoms with Gasteiger partial charge in [0.15, 0.2) is 5.56 Å². The Kier molecular flexibility index (Phi) is 3.01. The van der Waals surface area contributed by atoms with E-state index in [0.29, 0.717) is 17.1 Å². The first-order chi connectivity index (χ1) is 8.30. The summed E-state index contributed by atoms with van der Waals surface area (Å²) in [5, 5.41) is 14.9. The van der Waals surface area contributed by atoms with Crippen molar-refractivity contribution in [2.24, 2.45) is 0 Å². The van der Waals surface area contributed by atoms with Gasteiger partial charge < -0.3 is 14.7 Å². The van der Waals surface area contributed by atoms with E-state index in [1.807, 2.05) is 24.3 Å². The third kappa shape index (κ3) is 1.95. The highest BCUT2D eigenvalue weighted by molar-refractivity contribution is 5.91. The Morgan fingerprint density at radius 2 is 1.88 bits per heavy atom. The summed E-state index contributed by atoms with van der Waals surface area (Å²) in [5.41, 5.74) is 0.541. The zero-order valence-corrected chi connectivity index (χ0v) is 9.56. The molecule has 2 aromatic rings. The van der Waals surface area contributed by atoms with Crippen molar-refractivity contribution in [2.75, 3.05) is 14.2 Å². The molecule has 0 aliphatic heterocycles. The Balaban J connectivity index is 2.79. The van der Waals surface area contributed by atoms with Crippen LogP contribution < -0.4 is 9.47 Å². The molecule has 0 unspecified atom stereocenters. The first-order valence-electron chi connectivity index (χ1n) is 5.03. The van der Waals surface area contributed by atoms with Crippen LogP contribution >= 0.6 is 0 Å². The summed E-state index contributed by atoms with van der Waals surface area (Å²) < 4.78 is 10.3. The lowest BCUT2D eigenvalue weighted by Crippen LogP contribution is -1.90. The van der Waals surface area contributed by atoms with E-state index in [0.717, 1.165) is 10.8 Å². The molecule has 17 heavy (non-hydrogen) atoms. The fourth-order valence-corrected chi connectivity index (χ4v) is 1.74. The molecule has 2 rings (SSSR count). The number of hydrogen-bond donors (Lipinski definition) is 0. The van der Waals surface area contributed by atoms with Crippen LogP contribution in [0.25, 0.3) is 15.8 Å². The number of hydrogen-bond acceptors (Lipinski definition) is 3. The molecule has 0 radical (unpaired) electrons. The van der Waals surface area contributed by atoms with Crippen molar-refractivity contribution >= 4 is 10.8 Å². The molecule has 0 heterocycles. The monoisotopic (exact) mass is 229 g/mol. The summed E-state index contributed by atoms with van der Waals surface area (Å²) >= 11 is 0. The molecule has 0 fully saturated rings. The summed E-state index contributed by atoms with van der Waals surface area (Å²) in [6, 6.07) is 11.7. The number of fused-ring (bicyclic) bond motifs is 1. The maximum absolute atomic E-state index is 10.4. The predicted molar refractivity (Wildman–Crippen MR) is 66.8 cm³/mol. The Morgan fingerprint density at radius 3 is 2.53 bits per heavy atom. The molecule has 0 spiro atoms. The molecule has 0 aliphatic rings. The standard InChI is InChI=1S/C13H11NO3/c1-16-10-5-3-9-4-6-13(17-2)12(8-14-15)11(9)7-10/h3-7H,1-2H3. The van der Waals surface area contributed by atoms with Gasteiger partial charge in [0, 0.05) is 10.4 Å². The zero-order chi connectivity index (χ0) is 12.3. The molecular weight excluding hydrogens is 218 g/mol. The van der Waals surface area contributed by atoms with Crippen LogP contribution in [0.3, 0.4) is 0 Å². The summed E-state index contributed by atoms with van der Waals surface area (Å²) in [4.78, 5) is 0. The molecule has 0 amide bonds. The largest absolute Gasteiger partial charge is 0.498 e. The van der Waals surface area contributed by atoms with E-state index in [-0.39, 0.29) is 0 Å². The molecule has 0 aromatic heterocycles. The lowest BCUT2D eigenvalue weighted by Gasteiger charge is -2.06. The van der Waals surface area contributed by atoms with Gasteiger partial charge in [-0.25, -0.2) is 0 Å². The summed E-state index contributed by atoms with van der Waals surface area (Å²) in [6.07, 6.45) is 0. The van der Waals surface area contributed by atoms with E-state index < -0.39 is 0 Å². The maximum atomic E-state index is 10.4. The van der Waals surface area contributed by atoms with Crippen molar-refractivity contribution < 1.29 is 9.47 Å². The highest BCUT2D eigenvalue weighted by Gasteiger charge is 2.11. The quantitative estimate of drug-likeness (QED) is 0.743. The molecule has 0 aliphatic carbocycles. The van der Waals surface area contributed by atoms with Crippen molar-refractivity contribution in [1.29, 1.82) is 0 Å². The van der Waals surface area contributed by atoms with E-state index in [9.17, 15) is 5.21 Å². The first kappa shape index (κ1) is 11.1. The molecule has 4 heteroatoms. The second kappa shape index (κ2) is 4.62. The first-order valence-corrected chi connectivity index (χ1v) is 5.03. The minimum Gasteiger partial charge on any atom is -0.498 e. The second-order valence-corrected chi connectivity index (χ2v) is 3.43. The fraction of sp³-hybridized carbons (Fsp3) is 0.154. The van der Waals surface area contributed by atoms with Crippen molar-refractivity contribution in [2.45, 2.75) is 0 Å². The van der Waals surface area contributed by atoms with Crippen molar-refractivity contribution in [3.63, 3.8) is 0 Å². The molecule has 86 valence electrons. The molecule has 0 N–H and O–H groups in total. The molecule has 2 aromatic carbocycles. The van der Waals surface area contributed by atoms with Gasteiger partial charge in [-0.05, 0) is 23.6 Å². The van der Waals surface area contributed by atoms with E-state index in [4.69, 9.17) is 9.47 Å². The van der Waals surface area contributed by atoms with E-state index in [2.05, 4.69) is 11.1 Å². The Bertz CT molecular complexity index is 606. The van der Waals surface area contributed by atoms with E-state index in [1.54, 1.807) is 13.2 Å². The minimum absolute atomic E-state index is 0.541. The highest BCUT2D eigenvalue weighted by atomic mass is 16.5. The number of benzene rings is 2. The molecule has 4 nitrogen and oxygen atoms in total. The number of ether oxygens (including phenoxy) is 2. The third-order valence-electron chi connectivity index (χ3n) is 2.57. The lowest BCUT2D eigenvalue weighted by molar-refractivity contribution is 0.413. The fourth-order valence-electron chi connectivity index (χ4n) is 1.74. The average molecular weight is 229 g/mol. The van der Waals surface area contributed by atoms with Crippen molar-refractivity contribution in [1.82, 2.24) is 0 Å². The van der Waals surface area contributed by atoms with Crippen LogP contribution in [0.1, 0.15) is 5.56 Å². The van der Waals surface area contributed by atoms with Gasteiger partial charge in [0.2, 0.25) is 0 Å². The van der Waals surface area contributed by atoms with Crippen LogP contribution in [0.5, 0.6) is 11.5 Å². The van der Waals surface area contributed by atoms with Crippen molar-refractivity contribution in [3.8, 4) is 17.6 Å². The van der Waals surface area contributed by atoms with Gasteiger partial charge in [-0.3, -0.25) is 0 Å². The average Bonchev–Trinajstić information content (AvgIpc) is 2.39. The molecule has 0 saturated carbocycles. The topological polar surface area (TPSA) is 45.9 Å². The molecule has 0 atom stereocenters. The molecule has 0 saturated heterocycles. The highest BCUT2D eigenvalue weighted by Crippen LogP contribution is 2.30. The minimum atomic E-state index is 0.541. The van der Waals surface area contributed by atoms with Gasteiger partial charge in [-0.1, -0.05) is 12.1 Å². The van der Waals surface area contributed by atoms with Crippen LogP contribution in [0, 0.1) is 11.3 Å². The summed E-state index contributed by atoms with van der Waals surface area (Å²) in [5.74, 6) is 1.27. The third-order valence-corrected chi connectivity index (χ3v) is 2.57. The normalized spacial score (nSPS) is 9.53. The van der Waals surface area contributed by atoms with Gasteiger partial charge >= 0.3 is 6.07 Å². The summed E-state index contributed by atoms with van der Waals surface area (Å²) in [7, 11) is 3.13. The zero-order valence-electron chi connectivity index (χ0n) is 9.56. The number of rotatable bonds is 2. The lowest BCUT2D eigenvalue weighted by atomic mass is 10.0. The summed E-state index contributed by atoms with van der Waals surface area (Å²) in [6.45, 7) is 0. The van der Waals surface area contributed by atoms with Gasteiger partial charge in [-0.15, -0.1) is 0 Å². The SMILES string of the molecule is COc1ccc2ccc(OC)c(C#[N+][O-])c2c1. The van der Waals surface area contributed by atoms with Gasteiger partial charge in [0.05, 0.1) is 14.2 Å². The smallest absolute Gasteiger partial charge is 0.341 e. The maximum Gasteiger partial charge on any atom is 0.341 e. The Hall–Kier alpha value is -2.41. The van der Waals surface area contributed by atoms with Crippen LogP contribution in [-0.4, -0.2) is 14.2 Å². The Labute approximate surface area is 98.8 Å². The van der Waals surface area contributed by atoms with Gasteiger partial charge in [0.25, 0.3) is 0 Å². The van der Waals surface area contributed by atoms with Gasteiger partial charge in [0.1, 0.15) is 11.5 Å². The van der Waals surface area contributed by atoms with Crippen LogP contribution in [-0.2, 0) is 0 Å². The van der Waals surface area contributed by atoms with E-state index in [1.165, 1.54) is 7.11 Å². The number of nitrogens with zero attached hydrogens (tertiary/aromatic N) is 1. The Morgan fingerprint density at radius 1 is 1.12 bits per heavy atom. The van der Waals surface area contributed by atoms with Crippen LogP contribution in [0.2, 0.25) is 0 Å². The van der Waals surface area contributed by atoms with Crippen molar-refractivity contribution in [3.05, 3.63) is 46.1 Å². The molecular formula is C13H11NO3.